The third-order valence-electron chi connectivity index (χ3n) is 4.03. The van der Waals surface area contributed by atoms with Gasteiger partial charge in [0.25, 0.3) is 0 Å². The molecule has 2 aromatic carbocycles. The van der Waals surface area contributed by atoms with Crippen molar-refractivity contribution < 1.29 is 4.74 Å². The Morgan fingerprint density at radius 1 is 1.11 bits per heavy atom. The molecule has 0 aliphatic carbocycles. The van der Waals surface area contributed by atoms with Crippen molar-refractivity contribution in [2.75, 3.05) is 12.4 Å². The number of halogens is 3. The normalized spacial score (nSPS) is 10.7. The molecule has 0 saturated carbocycles. The summed E-state index contributed by atoms with van der Waals surface area (Å²) in [7, 11) is 1.43. The van der Waals surface area contributed by atoms with Gasteiger partial charge in [-0.2, -0.15) is 4.98 Å². The second kappa shape index (κ2) is 8.21. The predicted octanol–water partition coefficient (Wildman–Crippen LogP) is 5.31. The van der Waals surface area contributed by atoms with Gasteiger partial charge in [-0.15, -0.1) is 0 Å². The van der Waals surface area contributed by atoms with Gasteiger partial charge in [-0.1, -0.05) is 46.9 Å². The van der Waals surface area contributed by atoms with Gasteiger partial charge in [-0.3, -0.25) is 4.79 Å². The first kappa shape index (κ1) is 19.5. The van der Waals surface area contributed by atoms with E-state index < -0.39 is 5.56 Å². The van der Waals surface area contributed by atoms with Crippen LogP contribution in [0, 0.1) is 6.92 Å². The minimum absolute atomic E-state index is 0.142. The fourth-order valence-electron chi connectivity index (χ4n) is 2.53. The highest BCUT2D eigenvalue weighted by Gasteiger charge is 2.12. The van der Waals surface area contributed by atoms with Crippen molar-refractivity contribution >= 4 is 46.4 Å². The lowest BCUT2D eigenvalue weighted by Crippen LogP contribution is -2.19. The van der Waals surface area contributed by atoms with E-state index in [1.165, 1.54) is 7.11 Å². The fraction of sp³-hybridized carbons (Fsp3) is 0.158. The summed E-state index contributed by atoms with van der Waals surface area (Å²) in [5.41, 5.74) is 2.03. The lowest BCUT2D eigenvalue weighted by atomic mass is 10.2. The maximum atomic E-state index is 12.2. The van der Waals surface area contributed by atoms with Crippen LogP contribution in [0.1, 0.15) is 11.1 Å². The number of hydrogen-bond acceptors (Lipinski definition) is 4. The summed E-state index contributed by atoms with van der Waals surface area (Å²) in [6, 6.07) is 10.8. The Bertz CT molecular complexity index is 1050. The molecule has 8 heteroatoms. The van der Waals surface area contributed by atoms with E-state index in [0.29, 0.717) is 27.6 Å². The highest BCUT2D eigenvalue weighted by Crippen LogP contribution is 2.27. The first-order valence-electron chi connectivity index (χ1n) is 8.00. The number of hydrogen-bond donors (Lipinski definition) is 1. The molecule has 0 saturated heterocycles. The zero-order valence-corrected chi connectivity index (χ0v) is 16.9. The first-order chi connectivity index (χ1) is 12.9. The van der Waals surface area contributed by atoms with Gasteiger partial charge in [0.1, 0.15) is 0 Å². The predicted molar refractivity (Wildman–Crippen MR) is 110 cm³/mol. The van der Waals surface area contributed by atoms with Crippen LogP contribution in [0.5, 0.6) is 5.75 Å². The summed E-state index contributed by atoms with van der Waals surface area (Å²) >= 11 is 18.3. The van der Waals surface area contributed by atoms with Crippen molar-refractivity contribution in [2.24, 2.45) is 0 Å². The first-order valence-corrected chi connectivity index (χ1v) is 9.14. The van der Waals surface area contributed by atoms with Crippen LogP contribution >= 0.6 is 34.8 Å². The van der Waals surface area contributed by atoms with Gasteiger partial charge >= 0.3 is 5.56 Å². The smallest absolute Gasteiger partial charge is 0.316 e. The van der Waals surface area contributed by atoms with E-state index in [4.69, 9.17) is 39.5 Å². The van der Waals surface area contributed by atoms with Crippen LogP contribution in [0.3, 0.4) is 0 Å². The number of rotatable bonds is 5. The molecule has 0 aliphatic rings. The van der Waals surface area contributed by atoms with Crippen molar-refractivity contribution in [1.82, 2.24) is 9.55 Å². The Morgan fingerprint density at radius 2 is 1.89 bits per heavy atom. The standard InChI is InChI=1S/C19H16Cl3N3O2/c1-11-13(20)4-3-5-16(11)23-19-24-18(26)17(27-2)10-25(19)9-12-6-7-14(21)15(22)8-12/h3-8,10H,9H2,1-2H3,(H,23,24,26). The molecular weight excluding hydrogens is 409 g/mol. The Balaban J connectivity index is 2.04. The van der Waals surface area contributed by atoms with Gasteiger partial charge < -0.3 is 14.6 Å². The zero-order valence-electron chi connectivity index (χ0n) is 14.6. The largest absolute Gasteiger partial charge is 0.490 e. The van der Waals surface area contributed by atoms with Crippen LogP contribution < -0.4 is 15.6 Å². The van der Waals surface area contributed by atoms with Crippen LogP contribution in [0.25, 0.3) is 0 Å². The molecular formula is C19H16Cl3N3O2. The molecule has 0 bridgehead atoms. The molecule has 27 heavy (non-hydrogen) atoms. The van der Waals surface area contributed by atoms with Crippen molar-refractivity contribution in [2.45, 2.75) is 13.5 Å². The van der Waals surface area contributed by atoms with Gasteiger partial charge in [0.2, 0.25) is 11.7 Å². The van der Waals surface area contributed by atoms with Gasteiger partial charge in [0.05, 0.1) is 29.9 Å². The van der Waals surface area contributed by atoms with Gasteiger partial charge in [-0.05, 0) is 42.3 Å². The van der Waals surface area contributed by atoms with Gasteiger partial charge in [0, 0.05) is 10.7 Å². The summed E-state index contributed by atoms with van der Waals surface area (Å²) in [4.78, 5) is 16.3. The molecule has 140 valence electrons. The van der Waals surface area contributed by atoms with E-state index in [1.54, 1.807) is 29.0 Å². The number of aromatic nitrogens is 2. The summed E-state index contributed by atoms with van der Waals surface area (Å²) in [6.45, 7) is 2.29. The number of nitrogens with zero attached hydrogens (tertiary/aromatic N) is 2. The van der Waals surface area contributed by atoms with Crippen molar-refractivity contribution in [1.29, 1.82) is 0 Å². The summed E-state index contributed by atoms with van der Waals surface area (Å²) in [5, 5.41) is 4.72. The number of methoxy groups -OCH3 is 1. The zero-order chi connectivity index (χ0) is 19.6. The molecule has 0 unspecified atom stereocenters. The lowest BCUT2D eigenvalue weighted by molar-refractivity contribution is 0.402. The number of benzene rings is 2. The van der Waals surface area contributed by atoms with Crippen LogP contribution in [0.15, 0.2) is 47.4 Å². The monoisotopic (exact) mass is 423 g/mol. The summed E-state index contributed by atoms with van der Waals surface area (Å²) in [5.74, 6) is 0.501. The summed E-state index contributed by atoms with van der Waals surface area (Å²) in [6.07, 6.45) is 1.60. The Labute approximate surface area is 171 Å². The van der Waals surface area contributed by atoms with Crippen LogP contribution in [-0.2, 0) is 6.54 Å². The maximum Gasteiger partial charge on any atom is 0.316 e. The molecule has 0 spiro atoms. The third kappa shape index (κ3) is 4.38. The molecule has 0 atom stereocenters. The van der Waals surface area contributed by atoms with E-state index in [1.807, 2.05) is 25.1 Å². The highest BCUT2D eigenvalue weighted by atomic mass is 35.5. The lowest BCUT2D eigenvalue weighted by Gasteiger charge is -2.17. The second-order valence-corrected chi connectivity index (χ2v) is 7.07. The number of nitrogens with one attached hydrogen (secondary N) is 1. The molecule has 0 amide bonds. The Kier molecular flexibility index (Phi) is 5.95. The SMILES string of the molecule is COc1cn(Cc2ccc(Cl)c(Cl)c2)c(Nc2cccc(Cl)c2C)nc1=O. The van der Waals surface area contributed by atoms with E-state index in [-0.39, 0.29) is 5.75 Å². The maximum absolute atomic E-state index is 12.2. The van der Waals surface area contributed by atoms with E-state index in [0.717, 1.165) is 16.8 Å². The van der Waals surface area contributed by atoms with Crippen molar-refractivity contribution in [3.8, 4) is 5.75 Å². The third-order valence-corrected chi connectivity index (χ3v) is 5.18. The number of ether oxygens (including phenoxy) is 1. The van der Waals surface area contributed by atoms with E-state index >= 15 is 0 Å². The van der Waals surface area contributed by atoms with Crippen LogP contribution in [0.2, 0.25) is 15.1 Å². The Hall–Kier alpha value is -2.21. The second-order valence-electron chi connectivity index (χ2n) is 5.85. The molecule has 0 fully saturated rings. The van der Waals surface area contributed by atoms with Gasteiger partial charge in [0.15, 0.2) is 0 Å². The van der Waals surface area contributed by atoms with Crippen LogP contribution in [-0.4, -0.2) is 16.7 Å². The van der Waals surface area contributed by atoms with Crippen molar-refractivity contribution in [3.63, 3.8) is 0 Å². The topological polar surface area (TPSA) is 56.1 Å². The minimum Gasteiger partial charge on any atom is -0.490 e. The van der Waals surface area contributed by atoms with Crippen molar-refractivity contribution in [3.05, 3.63) is 79.1 Å². The molecule has 3 aromatic rings. The quantitative estimate of drug-likeness (QED) is 0.603. The molecule has 3 rings (SSSR count). The molecule has 1 N–H and O–H groups in total. The molecule has 0 radical (unpaired) electrons. The number of anilines is 2. The minimum atomic E-state index is -0.468. The van der Waals surface area contributed by atoms with Gasteiger partial charge in [-0.25, -0.2) is 0 Å². The average Bonchev–Trinajstić information content (AvgIpc) is 2.64. The molecule has 0 aliphatic heterocycles. The summed E-state index contributed by atoms with van der Waals surface area (Å²) < 4.78 is 6.89. The molecule has 1 aromatic heterocycles. The average molecular weight is 425 g/mol. The molecule has 5 nitrogen and oxygen atoms in total. The fourth-order valence-corrected chi connectivity index (χ4v) is 3.03. The van der Waals surface area contributed by atoms with Crippen LogP contribution in [0.4, 0.5) is 11.6 Å². The highest BCUT2D eigenvalue weighted by molar-refractivity contribution is 6.42. The van der Waals surface area contributed by atoms with E-state index in [9.17, 15) is 4.79 Å². The van der Waals surface area contributed by atoms with E-state index in [2.05, 4.69) is 10.3 Å². The Morgan fingerprint density at radius 3 is 2.59 bits per heavy atom. The molecule has 1 heterocycles.